The molecular formula is C18H39N. The van der Waals surface area contributed by atoms with Gasteiger partial charge < -0.3 is 5.73 Å². The van der Waals surface area contributed by atoms with Gasteiger partial charge in [-0.3, -0.25) is 0 Å². The van der Waals surface area contributed by atoms with Crippen molar-refractivity contribution in [3.63, 3.8) is 0 Å². The van der Waals surface area contributed by atoms with Gasteiger partial charge in [-0.25, -0.2) is 0 Å². The van der Waals surface area contributed by atoms with Gasteiger partial charge in [0.15, 0.2) is 0 Å². The Kier molecular flexibility index (Phi) is 16.0. The summed E-state index contributed by atoms with van der Waals surface area (Å²) in [5.41, 5.74) is 5.74. The number of unbranched alkanes of at least 4 members (excludes halogenated alkanes) is 13. The summed E-state index contributed by atoms with van der Waals surface area (Å²) in [5.74, 6) is 0. The highest BCUT2D eigenvalue weighted by Gasteiger charge is 1.95. The zero-order valence-electron chi connectivity index (χ0n) is 13.8. The maximum atomic E-state index is 5.74. The van der Waals surface area contributed by atoms with Crippen LogP contribution in [0.2, 0.25) is 0 Å². The fourth-order valence-electron chi connectivity index (χ4n) is 2.66. The average molecular weight is 270 g/mol. The molecule has 116 valence electrons. The normalized spacial score (nSPS) is 12.8. The molecule has 0 aromatic heterocycles. The second-order valence-corrected chi connectivity index (χ2v) is 6.36. The molecule has 0 aliphatic heterocycles. The molecular weight excluding hydrogens is 230 g/mol. The molecule has 0 rings (SSSR count). The van der Waals surface area contributed by atoms with Crippen molar-refractivity contribution in [3.05, 3.63) is 0 Å². The number of hydrogen-bond donors (Lipinski definition) is 1. The Hall–Kier alpha value is -0.0400. The molecule has 1 nitrogen and oxygen atoms in total. The Morgan fingerprint density at radius 2 is 0.895 bits per heavy atom. The van der Waals surface area contributed by atoms with Gasteiger partial charge >= 0.3 is 0 Å². The predicted molar refractivity (Wildman–Crippen MR) is 88.6 cm³/mol. The van der Waals surface area contributed by atoms with Crippen molar-refractivity contribution < 1.29 is 0 Å². The van der Waals surface area contributed by atoms with Gasteiger partial charge in [-0.05, 0) is 13.3 Å². The van der Waals surface area contributed by atoms with Crippen LogP contribution >= 0.6 is 0 Å². The maximum absolute atomic E-state index is 5.74. The van der Waals surface area contributed by atoms with Crippen molar-refractivity contribution in [1.29, 1.82) is 0 Å². The first kappa shape index (κ1) is 19.0. The Morgan fingerprint density at radius 3 is 1.21 bits per heavy atom. The lowest BCUT2D eigenvalue weighted by molar-refractivity contribution is 0.523. The third kappa shape index (κ3) is 18.0. The van der Waals surface area contributed by atoms with Crippen LogP contribution in [0.4, 0.5) is 0 Å². The summed E-state index contributed by atoms with van der Waals surface area (Å²) in [6, 6.07) is 0.400. The van der Waals surface area contributed by atoms with Crippen LogP contribution in [0.25, 0.3) is 0 Å². The highest BCUT2D eigenvalue weighted by molar-refractivity contribution is 4.54. The number of nitrogens with two attached hydrogens (primary N) is 1. The van der Waals surface area contributed by atoms with E-state index in [1.807, 2.05) is 0 Å². The van der Waals surface area contributed by atoms with Crippen molar-refractivity contribution in [1.82, 2.24) is 0 Å². The molecule has 0 saturated carbocycles. The molecule has 0 spiro atoms. The van der Waals surface area contributed by atoms with E-state index in [0.29, 0.717) is 6.04 Å². The Bertz CT molecular complexity index is 154. The average Bonchev–Trinajstić information content (AvgIpc) is 2.39. The fraction of sp³-hybridized carbons (Fsp3) is 1.00. The van der Waals surface area contributed by atoms with Gasteiger partial charge in [-0.1, -0.05) is 96.8 Å². The monoisotopic (exact) mass is 269 g/mol. The van der Waals surface area contributed by atoms with Crippen molar-refractivity contribution in [2.24, 2.45) is 5.73 Å². The second kappa shape index (κ2) is 16.0. The molecule has 0 fully saturated rings. The predicted octanol–water partition coefficient (Wildman–Crippen LogP) is 6.21. The first-order chi connectivity index (χ1) is 9.27. The minimum atomic E-state index is 0.400. The largest absolute Gasteiger partial charge is 0.328 e. The highest BCUT2D eigenvalue weighted by Crippen LogP contribution is 2.13. The van der Waals surface area contributed by atoms with Crippen molar-refractivity contribution in [2.45, 2.75) is 116 Å². The molecule has 0 heterocycles. The van der Waals surface area contributed by atoms with Crippen molar-refractivity contribution in [2.75, 3.05) is 0 Å². The summed E-state index contributed by atoms with van der Waals surface area (Å²) in [4.78, 5) is 0. The first-order valence-corrected chi connectivity index (χ1v) is 9.03. The highest BCUT2D eigenvalue weighted by atomic mass is 14.6. The van der Waals surface area contributed by atoms with Crippen LogP contribution in [0.3, 0.4) is 0 Å². The van der Waals surface area contributed by atoms with Gasteiger partial charge in [-0.15, -0.1) is 0 Å². The minimum absolute atomic E-state index is 0.400. The number of hydrogen-bond acceptors (Lipinski definition) is 1. The summed E-state index contributed by atoms with van der Waals surface area (Å²) < 4.78 is 0. The van der Waals surface area contributed by atoms with Crippen LogP contribution in [0.5, 0.6) is 0 Å². The van der Waals surface area contributed by atoms with E-state index in [0.717, 1.165) is 0 Å². The van der Waals surface area contributed by atoms with E-state index in [1.54, 1.807) is 0 Å². The molecule has 0 radical (unpaired) electrons. The Balaban J connectivity index is 2.91. The van der Waals surface area contributed by atoms with Crippen LogP contribution in [-0.4, -0.2) is 6.04 Å². The van der Waals surface area contributed by atoms with Gasteiger partial charge in [-0.2, -0.15) is 0 Å². The Morgan fingerprint density at radius 1 is 0.579 bits per heavy atom. The van der Waals surface area contributed by atoms with E-state index < -0.39 is 0 Å². The molecule has 0 amide bonds. The molecule has 0 saturated heterocycles. The lowest BCUT2D eigenvalue weighted by atomic mass is 10.0. The van der Waals surface area contributed by atoms with E-state index in [1.165, 1.54) is 96.3 Å². The van der Waals surface area contributed by atoms with Crippen LogP contribution in [0.15, 0.2) is 0 Å². The standard InChI is InChI=1S/C18H39N/c1-3-4-5-6-7-8-9-10-11-12-13-14-15-16-17-18(2)19/h18H,3-17,19H2,1-2H3/t18-/m0/s1. The van der Waals surface area contributed by atoms with Crippen LogP contribution < -0.4 is 5.73 Å². The zero-order valence-corrected chi connectivity index (χ0v) is 13.8. The van der Waals surface area contributed by atoms with E-state index >= 15 is 0 Å². The second-order valence-electron chi connectivity index (χ2n) is 6.36. The number of rotatable bonds is 15. The van der Waals surface area contributed by atoms with Crippen molar-refractivity contribution >= 4 is 0 Å². The summed E-state index contributed by atoms with van der Waals surface area (Å²) in [6.45, 7) is 4.40. The Labute approximate surface area is 122 Å². The maximum Gasteiger partial charge on any atom is 0.00104 e. The molecule has 1 heteroatoms. The van der Waals surface area contributed by atoms with E-state index in [-0.39, 0.29) is 0 Å². The third-order valence-corrected chi connectivity index (χ3v) is 4.01. The van der Waals surface area contributed by atoms with Gasteiger partial charge in [0, 0.05) is 6.04 Å². The molecule has 0 aromatic carbocycles. The van der Waals surface area contributed by atoms with Crippen LogP contribution in [0, 0.1) is 0 Å². The van der Waals surface area contributed by atoms with Crippen LogP contribution in [0.1, 0.15) is 110 Å². The smallest absolute Gasteiger partial charge is 0.00104 e. The SMILES string of the molecule is CCCCCCCCCCCCCCCC[C@H](C)N. The quantitative estimate of drug-likeness (QED) is 0.352. The molecule has 1 atom stereocenters. The van der Waals surface area contributed by atoms with Crippen LogP contribution in [-0.2, 0) is 0 Å². The molecule has 2 N–H and O–H groups in total. The third-order valence-electron chi connectivity index (χ3n) is 4.01. The first-order valence-electron chi connectivity index (χ1n) is 9.03. The minimum Gasteiger partial charge on any atom is -0.328 e. The molecule has 19 heavy (non-hydrogen) atoms. The molecule has 0 bridgehead atoms. The lowest BCUT2D eigenvalue weighted by Gasteiger charge is -2.05. The fourth-order valence-corrected chi connectivity index (χ4v) is 2.66. The van der Waals surface area contributed by atoms with E-state index in [2.05, 4.69) is 13.8 Å². The summed E-state index contributed by atoms with van der Waals surface area (Å²) in [5, 5.41) is 0. The lowest BCUT2D eigenvalue weighted by Crippen LogP contribution is -2.13. The van der Waals surface area contributed by atoms with Crippen molar-refractivity contribution in [3.8, 4) is 0 Å². The molecule has 0 aliphatic rings. The summed E-state index contributed by atoms with van der Waals surface area (Å²) in [7, 11) is 0. The zero-order chi connectivity index (χ0) is 14.2. The van der Waals surface area contributed by atoms with E-state index in [9.17, 15) is 0 Å². The summed E-state index contributed by atoms with van der Waals surface area (Å²) >= 11 is 0. The van der Waals surface area contributed by atoms with E-state index in [4.69, 9.17) is 5.73 Å². The molecule has 0 aromatic rings. The van der Waals surface area contributed by atoms with Gasteiger partial charge in [0.2, 0.25) is 0 Å². The molecule has 0 unspecified atom stereocenters. The van der Waals surface area contributed by atoms with Gasteiger partial charge in [0.05, 0.1) is 0 Å². The van der Waals surface area contributed by atoms with Gasteiger partial charge in [0.1, 0.15) is 0 Å². The van der Waals surface area contributed by atoms with Gasteiger partial charge in [0.25, 0.3) is 0 Å². The topological polar surface area (TPSA) is 26.0 Å². The molecule has 0 aliphatic carbocycles. The summed E-state index contributed by atoms with van der Waals surface area (Å²) in [6.07, 6.45) is 21.3.